The summed E-state index contributed by atoms with van der Waals surface area (Å²) in [4.78, 5) is 1.14. The van der Waals surface area contributed by atoms with Gasteiger partial charge in [0.15, 0.2) is 0 Å². The van der Waals surface area contributed by atoms with E-state index in [1.807, 2.05) is 6.07 Å². The normalized spacial score (nSPS) is 11.3. The number of nitrogens with zero attached hydrogens (tertiary/aromatic N) is 2. The highest BCUT2D eigenvalue weighted by Gasteiger charge is 2.28. The molecule has 1 rings (SSSR count). The van der Waals surface area contributed by atoms with E-state index in [9.17, 15) is 13.2 Å². The average molecular weight is 258 g/mol. The molecule has 0 atom stereocenters. The first-order valence-corrected chi connectivity index (χ1v) is 5.29. The summed E-state index contributed by atoms with van der Waals surface area (Å²) < 4.78 is 41.4. The number of nitriles is 1. The maximum absolute atomic E-state index is 12.0. The van der Waals surface area contributed by atoms with Gasteiger partial charge in [-0.05, 0) is 31.3 Å². The molecule has 18 heavy (non-hydrogen) atoms. The first-order valence-electron chi connectivity index (χ1n) is 5.29. The summed E-state index contributed by atoms with van der Waals surface area (Å²) in [5, 5.41) is 8.58. The van der Waals surface area contributed by atoms with Crippen LogP contribution in [0.4, 0.5) is 13.2 Å². The van der Waals surface area contributed by atoms with Gasteiger partial charge in [0.25, 0.3) is 0 Å². The van der Waals surface area contributed by atoms with Crippen molar-refractivity contribution in [3.8, 4) is 11.8 Å². The lowest BCUT2D eigenvalue weighted by Gasteiger charge is -2.18. The van der Waals surface area contributed by atoms with E-state index in [2.05, 4.69) is 0 Å². The largest absolute Gasteiger partial charge is 0.492 e. The minimum atomic E-state index is -4.19. The molecular formula is C12H13F3N2O. The third-order valence-electron chi connectivity index (χ3n) is 2.17. The Morgan fingerprint density at radius 3 is 2.39 bits per heavy atom. The Hall–Kier alpha value is -1.74. The van der Waals surface area contributed by atoms with Gasteiger partial charge in [0.1, 0.15) is 12.4 Å². The lowest BCUT2D eigenvalue weighted by Crippen LogP contribution is -2.33. The zero-order valence-corrected chi connectivity index (χ0v) is 9.87. The predicted molar refractivity (Wildman–Crippen MR) is 60.2 cm³/mol. The van der Waals surface area contributed by atoms with Crippen molar-refractivity contribution in [2.24, 2.45) is 0 Å². The fraction of sp³-hybridized carbons (Fsp3) is 0.417. The number of benzene rings is 1. The molecule has 0 saturated carbocycles. The first kappa shape index (κ1) is 14.3. The van der Waals surface area contributed by atoms with E-state index in [0.717, 1.165) is 4.90 Å². The molecule has 0 N–H and O–H groups in total. The molecule has 98 valence electrons. The van der Waals surface area contributed by atoms with E-state index in [-0.39, 0.29) is 13.2 Å². The van der Waals surface area contributed by atoms with Crippen LogP contribution in [-0.2, 0) is 0 Å². The van der Waals surface area contributed by atoms with Crippen molar-refractivity contribution in [3.05, 3.63) is 29.8 Å². The second-order valence-corrected chi connectivity index (χ2v) is 3.84. The van der Waals surface area contributed by atoms with Gasteiger partial charge in [0.05, 0.1) is 18.2 Å². The second kappa shape index (κ2) is 6.26. The van der Waals surface area contributed by atoms with Crippen LogP contribution in [0, 0.1) is 11.3 Å². The molecule has 0 aliphatic carbocycles. The van der Waals surface area contributed by atoms with Crippen molar-refractivity contribution in [3.63, 3.8) is 0 Å². The highest BCUT2D eigenvalue weighted by Crippen LogP contribution is 2.15. The molecule has 0 aliphatic heterocycles. The van der Waals surface area contributed by atoms with Crippen LogP contribution in [0.1, 0.15) is 5.56 Å². The summed E-state index contributed by atoms with van der Waals surface area (Å²) in [6.45, 7) is -0.609. The van der Waals surface area contributed by atoms with Crippen LogP contribution in [0.25, 0.3) is 0 Å². The standard InChI is InChI=1S/C12H13F3N2O/c1-17(9-12(13,14)15)6-7-18-11-4-2-10(8-16)3-5-11/h2-5H,6-7,9H2,1H3. The Morgan fingerprint density at radius 2 is 1.89 bits per heavy atom. The Morgan fingerprint density at radius 1 is 1.28 bits per heavy atom. The third-order valence-corrected chi connectivity index (χ3v) is 2.17. The monoisotopic (exact) mass is 258 g/mol. The Kier molecular flexibility index (Phi) is 4.98. The molecule has 0 saturated heterocycles. The van der Waals surface area contributed by atoms with Crippen molar-refractivity contribution < 1.29 is 17.9 Å². The number of alkyl halides is 3. The second-order valence-electron chi connectivity index (χ2n) is 3.84. The SMILES string of the molecule is CN(CCOc1ccc(C#N)cc1)CC(F)(F)F. The van der Waals surface area contributed by atoms with Gasteiger partial charge in [-0.15, -0.1) is 0 Å². The van der Waals surface area contributed by atoms with E-state index in [0.29, 0.717) is 11.3 Å². The Bertz CT molecular complexity index is 409. The molecule has 0 aliphatic rings. The summed E-state index contributed by atoms with van der Waals surface area (Å²) >= 11 is 0. The topological polar surface area (TPSA) is 36.3 Å². The summed E-state index contributed by atoms with van der Waals surface area (Å²) in [7, 11) is 1.38. The van der Waals surface area contributed by atoms with Gasteiger partial charge < -0.3 is 4.74 Å². The predicted octanol–water partition coefficient (Wildman–Crippen LogP) is 2.43. The zero-order valence-electron chi connectivity index (χ0n) is 9.87. The average Bonchev–Trinajstić information content (AvgIpc) is 2.27. The summed E-state index contributed by atoms with van der Waals surface area (Å²) in [5.74, 6) is 0.536. The van der Waals surface area contributed by atoms with Gasteiger partial charge in [-0.3, -0.25) is 4.90 Å². The lowest BCUT2D eigenvalue weighted by atomic mass is 10.2. The molecule has 1 aromatic rings. The van der Waals surface area contributed by atoms with Crippen LogP contribution in [-0.4, -0.2) is 37.8 Å². The summed E-state index contributed by atoms with van der Waals surface area (Å²) in [5.41, 5.74) is 0.511. The van der Waals surface area contributed by atoms with E-state index in [4.69, 9.17) is 10.00 Å². The van der Waals surface area contributed by atoms with Crippen LogP contribution >= 0.6 is 0 Å². The molecule has 1 aromatic carbocycles. The number of rotatable bonds is 5. The lowest BCUT2D eigenvalue weighted by molar-refractivity contribution is -0.143. The molecule has 0 unspecified atom stereocenters. The minimum Gasteiger partial charge on any atom is -0.492 e. The number of ether oxygens (including phenoxy) is 1. The number of halogens is 3. The fourth-order valence-corrected chi connectivity index (χ4v) is 1.33. The highest BCUT2D eigenvalue weighted by atomic mass is 19.4. The number of likely N-dealkylation sites (N-methyl/N-ethyl adjacent to an activating group) is 1. The quantitative estimate of drug-likeness (QED) is 0.813. The first-order chi connectivity index (χ1) is 8.40. The van der Waals surface area contributed by atoms with Gasteiger partial charge in [0, 0.05) is 6.54 Å². The molecule has 0 amide bonds. The van der Waals surface area contributed by atoms with Gasteiger partial charge in [-0.25, -0.2) is 0 Å². The molecule has 0 fully saturated rings. The minimum absolute atomic E-state index is 0.165. The van der Waals surface area contributed by atoms with Gasteiger partial charge in [-0.2, -0.15) is 18.4 Å². The van der Waals surface area contributed by atoms with Crippen molar-refractivity contribution in [2.45, 2.75) is 6.18 Å². The molecule has 0 aromatic heterocycles. The molecule has 0 radical (unpaired) electrons. The Balaban J connectivity index is 2.31. The van der Waals surface area contributed by atoms with Crippen LogP contribution in [0.15, 0.2) is 24.3 Å². The maximum atomic E-state index is 12.0. The van der Waals surface area contributed by atoms with Crippen LogP contribution in [0.3, 0.4) is 0 Å². The number of hydrogen-bond acceptors (Lipinski definition) is 3. The molecule has 0 heterocycles. The molecule has 0 bridgehead atoms. The van der Waals surface area contributed by atoms with Crippen LogP contribution in [0.5, 0.6) is 5.75 Å². The van der Waals surface area contributed by atoms with Gasteiger partial charge in [-0.1, -0.05) is 0 Å². The molecular weight excluding hydrogens is 245 g/mol. The molecule has 3 nitrogen and oxygen atoms in total. The summed E-state index contributed by atoms with van der Waals surface area (Å²) in [6, 6.07) is 8.38. The third kappa shape index (κ3) is 5.55. The van der Waals surface area contributed by atoms with E-state index < -0.39 is 12.7 Å². The summed E-state index contributed by atoms with van der Waals surface area (Å²) in [6.07, 6.45) is -4.19. The van der Waals surface area contributed by atoms with Crippen LogP contribution < -0.4 is 4.74 Å². The highest BCUT2D eigenvalue weighted by molar-refractivity contribution is 5.34. The smallest absolute Gasteiger partial charge is 0.401 e. The van der Waals surface area contributed by atoms with E-state index >= 15 is 0 Å². The number of hydrogen-bond donors (Lipinski definition) is 0. The van der Waals surface area contributed by atoms with Crippen molar-refractivity contribution in [1.29, 1.82) is 5.26 Å². The van der Waals surface area contributed by atoms with Gasteiger partial charge in [0.2, 0.25) is 0 Å². The van der Waals surface area contributed by atoms with Crippen molar-refractivity contribution >= 4 is 0 Å². The fourth-order valence-electron chi connectivity index (χ4n) is 1.33. The van der Waals surface area contributed by atoms with E-state index in [1.165, 1.54) is 7.05 Å². The maximum Gasteiger partial charge on any atom is 0.401 e. The Labute approximate surface area is 103 Å². The molecule has 0 spiro atoms. The van der Waals surface area contributed by atoms with Gasteiger partial charge >= 0.3 is 6.18 Å². The van der Waals surface area contributed by atoms with E-state index in [1.54, 1.807) is 24.3 Å². The zero-order chi connectivity index (χ0) is 13.6. The molecule has 6 heteroatoms. The van der Waals surface area contributed by atoms with Crippen molar-refractivity contribution in [2.75, 3.05) is 26.7 Å². The van der Waals surface area contributed by atoms with Crippen molar-refractivity contribution in [1.82, 2.24) is 4.90 Å². The van der Waals surface area contributed by atoms with Crippen LogP contribution in [0.2, 0.25) is 0 Å².